The zero-order chi connectivity index (χ0) is 10.4. The maximum Gasteiger partial charge on any atom is 0.307 e. The van der Waals surface area contributed by atoms with Crippen molar-refractivity contribution in [1.82, 2.24) is 4.90 Å². The van der Waals surface area contributed by atoms with Gasteiger partial charge in [-0.15, -0.1) is 0 Å². The summed E-state index contributed by atoms with van der Waals surface area (Å²) in [7, 11) is 1.47. The molecule has 0 N–H and O–H groups in total. The molecule has 0 amide bonds. The van der Waals surface area contributed by atoms with Gasteiger partial charge >= 0.3 is 5.97 Å². The highest BCUT2D eigenvalue weighted by Gasteiger charge is 2.23. The zero-order valence-electron chi connectivity index (χ0n) is 9.29. The van der Waals surface area contributed by atoms with Crippen LogP contribution >= 0.6 is 0 Å². The van der Waals surface area contributed by atoms with Crippen molar-refractivity contribution >= 4 is 5.97 Å². The summed E-state index contributed by atoms with van der Waals surface area (Å²) < 4.78 is 4.72. The van der Waals surface area contributed by atoms with E-state index < -0.39 is 0 Å². The van der Waals surface area contributed by atoms with E-state index in [9.17, 15) is 4.79 Å². The Morgan fingerprint density at radius 3 is 2.57 bits per heavy atom. The fraction of sp³-hybridized carbons (Fsp3) is 0.909. The Balaban J connectivity index is 2.40. The van der Waals surface area contributed by atoms with E-state index in [1.165, 1.54) is 20.0 Å². The van der Waals surface area contributed by atoms with Crippen LogP contribution in [0.2, 0.25) is 0 Å². The Labute approximate surface area is 86.4 Å². The average Bonchev–Trinajstić information content (AvgIpc) is 2.69. The Morgan fingerprint density at radius 1 is 1.43 bits per heavy atom. The summed E-state index contributed by atoms with van der Waals surface area (Å²) in [6.45, 7) is 4.48. The van der Waals surface area contributed by atoms with Gasteiger partial charge < -0.3 is 4.74 Å². The molecule has 0 spiro atoms. The summed E-state index contributed by atoms with van der Waals surface area (Å²) in [5.41, 5.74) is 0. The number of likely N-dealkylation sites (tertiary alicyclic amines) is 1. The average molecular weight is 199 g/mol. The molecule has 1 rings (SSSR count). The van der Waals surface area contributed by atoms with Gasteiger partial charge in [0.25, 0.3) is 0 Å². The summed E-state index contributed by atoms with van der Waals surface area (Å²) in [6.07, 6.45) is 5.36. The van der Waals surface area contributed by atoms with Gasteiger partial charge in [0, 0.05) is 6.04 Å². The van der Waals surface area contributed by atoms with Crippen LogP contribution in [0.1, 0.15) is 39.0 Å². The second-order valence-electron chi connectivity index (χ2n) is 3.97. The molecule has 1 atom stereocenters. The summed E-state index contributed by atoms with van der Waals surface area (Å²) in [5.74, 6) is -0.0737. The Morgan fingerprint density at radius 2 is 2.07 bits per heavy atom. The molecule has 3 nitrogen and oxygen atoms in total. The number of carbonyl (C=O) groups excluding carboxylic acids is 1. The molecule has 0 bridgehead atoms. The standard InChI is InChI=1S/C11H21NO2/c1-3-6-10(9-11(13)14-2)12-7-4-5-8-12/h10H,3-9H2,1-2H3. The lowest BCUT2D eigenvalue weighted by atomic mass is 10.1. The molecular weight excluding hydrogens is 178 g/mol. The number of hydrogen-bond donors (Lipinski definition) is 0. The highest BCUT2D eigenvalue weighted by molar-refractivity contribution is 5.69. The molecule has 14 heavy (non-hydrogen) atoms. The van der Waals surface area contributed by atoms with Crippen LogP contribution in [0.5, 0.6) is 0 Å². The smallest absolute Gasteiger partial charge is 0.307 e. The van der Waals surface area contributed by atoms with E-state index in [1.54, 1.807) is 0 Å². The Kier molecular flexibility index (Phi) is 4.94. The van der Waals surface area contributed by atoms with E-state index in [-0.39, 0.29) is 5.97 Å². The third kappa shape index (κ3) is 3.29. The van der Waals surface area contributed by atoms with Gasteiger partial charge in [0.15, 0.2) is 0 Å². The highest BCUT2D eigenvalue weighted by atomic mass is 16.5. The maximum atomic E-state index is 11.2. The Bertz CT molecular complexity index is 176. The second-order valence-corrected chi connectivity index (χ2v) is 3.97. The normalized spacial score (nSPS) is 19.6. The van der Waals surface area contributed by atoms with Crippen molar-refractivity contribution < 1.29 is 9.53 Å². The first kappa shape index (κ1) is 11.5. The number of nitrogens with zero attached hydrogens (tertiary/aromatic N) is 1. The summed E-state index contributed by atoms with van der Waals surface area (Å²) in [6, 6.07) is 0.412. The minimum absolute atomic E-state index is 0.0737. The number of methoxy groups -OCH3 is 1. The van der Waals surface area contributed by atoms with E-state index >= 15 is 0 Å². The van der Waals surface area contributed by atoms with Crippen LogP contribution in [0.3, 0.4) is 0 Å². The predicted octanol–water partition coefficient (Wildman–Crippen LogP) is 1.81. The van der Waals surface area contributed by atoms with Crippen LogP contribution in [-0.2, 0) is 9.53 Å². The number of hydrogen-bond acceptors (Lipinski definition) is 3. The minimum Gasteiger partial charge on any atom is -0.469 e. The largest absolute Gasteiger partial charge is 0.469 e. The number of ether oxygens (including phenoxy) is 1. The molecular formula is C11H21NO2. The van der Waals surface area contributed by atoms with Crippen LogP contribution in [0.15, 0.2) is 0 Å². The van der Waals surface area contributed by atoms with Crippen molar-refractivity contribution in [2.45, 2.75) is 45.1 Å². The molecule has 0 aromatic heterocycles. The maximum absolute atomic E-state index is 11.2. The molecule has 1 unspecified atom stereocenters. The molecule has 1 saturated heterocycles. The van der Waals surface area contributed by atoms with Gasteiger partial charge in [-0.3, -0.25) is 9.69 Å². The van der Waals surface area contributed by atoms with E-state index in [0.29, 0.717) is 12.5 Å². The summed E-state index contributed by atoms with van der Waals surface area (Å²) >= 11 is 0. The van der Waals surface area contributed by atoms with Crippen LogP contribution < -0.4 is 0 Å². The third-order valence-corrected chi connectivity index (χ3v) is 2.91. The third-order valence-electron chi connectivity index (χ3n) is 2.91. The minimum atomic E-state index is -0.0737. The fourth-order valence-electron chi connectivity index (χ4n) is 2.13. The van der Waals surface area contributed by atoms with E-state index in [0.717, 1.165) is 25.9 Å². The summed E-state index contributed by atoms with van der Waals surface area (Å²) in [5, 5.41) is 0. The van der Waals surface area contributed by atoms with Gasteiger partial charge in [-0.1, -0.05) is 13.3 Å². The van der Waals surface area contributed by atoms with Gasteiger partial charge in [0.1, 0.15) is 0 Å². The van der Waals surface area contributed by atoms with E-state index in [2.05, 4.69) is 11.8 Å². The van der Waals surface area contributed by atoms with Gasteiger partial charge in [0.2, 0.25) is 0 Å². The summed E-state index contributed by atoms with van der Waals surface area (Å²) in [4.78, 5) is 13.6. The SMILES string of the molecule is CCCC(CC(=O)OC)N1CCCC1. The quantitative estimate of drug-likeness (QED) is 0.632. The van der Waals surface area contributed by atoms with Gasteiger partial charge in [0.05, 0.1) is 13.5 Å². The Hall–Kier alpha value is -0.570. The molecule has 3 heteroatoms. The molecule has 1 fully saturated rings. The molecule has 0 aromatic carbocycles. The lowest BCUT2D eigenvalue weighted by Crippen LogP contribution is -2.34. The fourth-order valence-corrected chi connectivity index (χ4v) is 2.13. The van der Waals surface area contributed by atoms with Crippen LogP contribution in [0.25, 0.3) is 0 Å². The molecule has 1 aliphatic rings. The number of rotatable bonds is 5. The van der Waals surface area contributed by atoms with Crippen LogP contribution in [0, 0.1) is 0 Å². The van der Waals surface area contributed by atoms with Crippen molar-refractivity contribution in [1.29, 1.82) is 0 Å². The monoisotopic (exact) mass is 199 g/mol. The van der Waals surface area contributed by atoms with Gasteiger partial charge in [-0.05, 0) is 32.4 Å². The lowest BCUT2D eigenvalue weighted by Gasteiger charge is -2.26. The molecule has 0 aliphatic carbocycles. The van der Waals surface area contributed by atoms with Crippen molar-refractivity contribution in [3.8, 4) is 0 Å². The second kappa shape index (κ2) is 6.02. The lowest BCUT2D eigenvalue weighted by molar-refractivity contribution is -0.142. The molecule has 0 saturated carbocycles. The molecule has 1 heterocycles. The molecule has 0 aromatic rings. The molecule has 1 aliphatic heterocycles. The first-order chi connectivity index (χ1) is 6.77. The zero-order valence-corrected chi connectivity index (χ0v) is 9.29. The van der Waals surface area contributed by atoms with Crippen LogP contribution in [-0.4, -0.2) is 37.1 Å². The van der Waals surface area contributed by atoms with E-state index in [1.807, 2.05) is 0 Å². The topological polar surface area (TPSA) is 29.5 Å². The van der Waals surface area contributed by atoms with Gasteiger partial charge in [-0.25, -0.2) is 0 Å². The van der Waals surface area contributed by atoms with Crippen molar-refractivity contribution in [3.05, 3.63) is 0 Å². The van der Waals surface area contributed by atoms with Crippen molar-refractivity contribution in [3.63, 3.8) is 0 Å². The van der Waals surface area contributed by atoms with Crippen molar-refractivity contribution in [2.75, 3.05) is 20.2 Å². The molecule has 0 radical (unpaired) electrons. The first-order valence-corrected chi connectivity index (χ1v) is 5.58. The predicted molar refractivity (Wildman–Crippen MR) is 56.1 cm³/mol. The first-order valence-electron chi connectivity index (χ1n) is 5.58. The highest BCUT2D eigenvalue weighted by Crippen LogP contribution is 2.18. The van der Waals surface area contributed by atoms with Crippen molar-refractivity contribution in [2.24, 2.45) is 0 Å². The number of carbonyl (C=O) groups is 1. The molecule has 82 valence electrons. The van der Waals surface area contributed by atoms with Crippen LogP contribution in [0.4, 0.5) is 0 Å². The van der Waals surface area contributed by atoms with Gasteiger partial charge in [-0.2, -0.15) is 0 Å². The van der Waals surface area contributed by atoms with E-state index in [4.69, 9.17) is 4.74 Å². The number of esters is 1.